The summed E-state index contributed by atoms with van der Waals surface area (Å²) in [7, 11) is 0. The Morgan fingerprint density at radius 2 is 2.09 bits per heavy atom. The van der Waals surface area contributed by atoms with E-state index in [1.54, 1.807) is 13.8 Å². The van der Waals surface area contributed by atoms with Gasteiger partial charge in [0.05, 0.1) is 5.41 Å². The molecule has 1 aliphatic rings. The van der Waals surface area contributed by atoms with Gasteiger partial charge in [-0.3, -0.25) is 10.2 Å². The maximum atomic E-state index is 13.3. The Bertz CT molecular complexity index is 575. The lowest BCUT2D eigenvalue weighted by molar-refractivity contribution is -0.190. The molecule has 1 atom stereocenters. The number of nitrogens with one attached hydrogen (secondary N) is 1. The summed E-state index contributed by atoms with van der Waals surface area (Å²) in [6.07, 6.45) is -3.46. The van der Waals surface area contributed by atoms with Gasteiger partial charge in [0.25, 0.3) is 0 Å². The van der Waals surface area contributed by atoms with E-state index in [2.05, 4.69) is 21.4 Å². The topological polar surface area (TPSA) is 32.3 Å². The van der Waals surface area contributed by atoms with Crippen LogP contribution in [0.2, 0.25) is 0 Å². The molecule has 0 aliphatic carbocycles. The minimum atomic E-state index is -4.37. The number of amides is 1. The van der Waals surface area contributed by atoms with Crippen molar-refractivity contribution >= 4 is 21.8 Å². The summed E-state index contributed by atoms with van der Waals surface area (Å²) in [6, 6.07) is 5.89. The fourth-order valence-electron chi connectivity index (χ4n) is 2.70. The zero-order chi connectivity index (χ0) is 17.3. The third kappa shape index (κ3) is 4.70. The lowest BCUT2D eigenvalue weighted by Crippen LogP contribution is -2.50. The van der Waals surface area contributed by atoms with Gasteiger partial charge in [-0.1, -0.05) is 28.1 Å². The Morgan fingerprint density at radius 3 is 2.61 bits per heavy atom. The molecule has 7 heteroatoms. The number of rotatable bonds is 5. The van der Waals surface area contributed by atoms with E-state index in [4.69, 9.17) is 0 Å². The fraction of sp³-hybridized carbons (Fsp3) is 0.562. The van der Waals surface area contributed by atoms with Gasteiger partial charge in [0.2, 0.25) is 5.91 Å². The molecule has 23 heavy (non-hydrogen) atoms. The van der Waals surface area contributed by atoms with Gasteiger partial charge in [0, 0.05) is 11.0 Å². The summed E-state index contributed by atoms with van der Waals surface area (Å²) in [5.41, 5.74) is 2.57. The molecule has 0 saturated carbocycles. The molecule has 1 aromatic rings. The van der Waals surface area contributed by atoms with Crippen molar-refractivity contribution in [1.29, 1.82) is 0 Å². The summed E-state index contributed by atoms with van der Waals surface area (Å²) in [4.78, 5) is 11.7. The predicted molar refractivity (Wildman–Crippen MR) is 85.6 cm³/mol. The van der Waals surface area contributed by atoms with Crippen LogP contribution < -0.4 is 5.43 Å². The van der Waals surface area contributed by atoms with Gasteiger partial charge in [-0.25, -0.2) is 5.01 Å². The number of carbonyl (C=O) groups is 1. The Balaban J connectivity index is 1.99. The highest BCUT2D eigenvalue weighted by Crippen LogP contribution is 2.33. The highest BCUT2D eigenvalue weighted by molar-refractivity contribution is 9.10. The number of aryl methyl sites for hydroxylation is 1. The third-order valence-corrected chi connectivity index (χ3v) is 4.50. The number of benzene rings is 1. The summed E-state index contributed by atoms with van der Waals surface area (Å²) < 4.78 is 40.9. The molecule has 1 aliphatic heterocycles. The van der Waals surface area contributed by atoms with Crippen LogP contribution in [0.25, 0.3) is 0 Å². The van der Waals surface area contributed by atoms with Crippen LogP contribution in [-0.4, -0.2) is 29.7 Å². The van der Waals surface area contributed by atoms with E-state index in [1.165, 1.54) is 0 Å². The lowest BCUT2D eigenvalue weighted by Gasteiger charge is -2.29. The van der Waals surface area contributed by atoms with Crippen molar-refractivity contribution in [2.24, 2.45) is 5.41 Å². The highest BCUT2D eigenvalue weighted by atomic mass is 79.9. The highest BCUT2D eigenvalue weighted by Gasteiger charge is 2.49. The van der Waals surface area contributed by atoms with E-state index in [0.29, 0.717) is 12.8 Å². The van der Waals surface area contributed by atoms with Crippen molar-refractivity contribution in [3.05, 3.63) is 34.3 Å². The Hall–Kier alpha value is -1.08. The molecule has 1 fully saturated rings. The zero-order valence-electron chi connectivity index (χ0n) is 13.1. The van der Waals surface area contributed by atoms with E-state index < -0.39 is 17.6 Å². The quantitative estimate of drug-likeness (QED) is 0.818. The number of hydrogen-bond donors (Lipinski definition) is 1. The van der Waals surface area contributed by atoms with E-state index in [0.717, 1.165) is 15.0 Å². The number of halogens is 4. The van der Waals surface area contributed by atoms with Gasteiger partial charge in [-0.15, -0.1) is 0 Å². The first kappa shape index (κ1) is 18.3. The maximum absolute atomic E-state index is 13.3. The zero-order valence-corrected chi connectivity index (χ0v) is 14.7. The molecule has 0 bridgehead atoms. The molecule has 0 spiro atoms. The minimum Gasteiger partial charge on any atom is -0.288 e. The van der Waals surface area contributed by atoms with Crippen LogP contribution in [0, 0.1) is 5.41 Å². The van der Waals surface area contributed by atoms with E-state index in [1.807, 2.05) is 24.3 Å². The van der Waals surface area contributed by atoms with Crippen molar-refractivity contribution < 1.29 is 18.0 Å². The summed E-state index contributed by atoms with van der Waals surface area (Å²) in [5, 5.41) is 1.04. The molecule has 1 saturated heterocycles. The Morgan fingerprint density at radius 1 is 1.39 bits per heavy atom. The molecule has 3 nitrogen and oxygen atoms in total. The smallest absolute Gasteiger partial charge is 0.288 e. The van der Waals surface area contributed by atoms with Gasteiger partial charge in [-0.2, -0.15) is 13.2 Å². The molecule has 128 valence electrons. The fourth-order valence-corrected chi connectivity index (χ4v) is 3.14. The van der Waals surface area contributed by atoms with Gasteiger partial charge in [-0.05, 0) is 50.8 Å². The van der Waals surface area contributed by atoms with Crippen LogP contribution >= 0.6 is 15.9 Å². The third-order valence-electron chi connectivity index (χ3n) is 4.01. The van der Waals surface area contributed by atoms with E-state index in [9.17, 15) is 18.0 Å². The molecule has 2 rings (SSSR count). The van der Waals surface area contributed by atoms with Crippen LogP contribution in [0.1, 0.15) is 32.3 Å². The lowest BCUT2D eigenvalue weighted by atomic mass is 9.94. The second-order valence-corrected chi connectivity index (χ2v) is 7.45. The SMILES string of the molecule is CC1(C)CN(C(CCCc2cccc(Br)c2)C(F)(F)F)NC1=O. The number of hydrazine groups is 1. The molecule has 1 unspecified atom stereocenters. The van der Waals surface area contributed by atoms with Crippen LogP contribution in [0.5, 0.6) is 0 Å². The average molecular weight is 393 g/mol. The minimum absolute atomic E-state index is 0.0492. The van der Waals surface area contributed by atoms with Crippen molar-refractivity contribution in [3.8, 4) is 0 Å². The second kappa shape index (κ2) is 6.81. The van der Waals surface area contributed by atoms with Gasteiger partial charge in [0.1, 0.15) is 6.04 Å². The number of nitrogens with zero attached hydrogens (tertiary/aromatic N) is 1. The largest absolute Gasteiger partial charge is 0.405 e. The Kier molecular flexibility index (Phi) is 5.41. The predicted octanol–water partition coefficient (Wildman–Crippen LogP) is 4.08. The molecular formula is C16H20BrF3N2O. The monoisotopic (exact) mass is 392 g/mol. The van der Waals surface area contributed by atoms with E-state index in [-0.39, 0.29) is 18.9 Å². The molecule has 1 aromatic carbocycles. The summed E-state index contributed by atoms with van der Waals surface area (Å²) in [6.45, 7) is 3.36. The first-order chi connectivity index (χ1) is 10.6. The van der Waals surface area contributed by atoms with Crippen molar-refractivity contribution in [2.75, 3.05) is 6.54 Å². The van der Waals surface area contributed by atoms with Gasteiger partial charge in [0.15, 0.2) is 0 Å². The second-order valence-electron chi connectivity index (χ2n) is 6.53. The number of carbonyl (C=O) groups excluding carboxylic acids is 1. The molecular weight excluding hydrogens is 373 g/mol. The van der Waals surface area contributed by atoms with E-state index >= 15 is 0 Å². The first-order valence-electron chi connectivity index (χ1n) is 7.48. The van der Waals surface area contributed by atoms with Gasteiger partial charge >= 0.3 is 6.18 Å². The first-order valence-corrected chi connectivity index (χ1v) is 8.28. The Labute approximate surface area is 142 Å². The molecule has 0 radical (unpaired) electrons. The summed E-state index contributed by atoms with van der Waals surface area (Å²) in [5.74, 6) is -0.362. The average Bonchev–Trinajstić information content (AvgIpc) is 2.67. The van der Waals surface area contributed by atoms with Crippen molar-refractivity contribution in [3.63, 3.8) is 0 Å². The molecule has 1 heterocycles. The normalized spacial score (nSPS) is 19.7. The maximum Gasteiger partial charge on any atom is 0.405 e. The van der Waals surface area contributed by atoms with Crippen LogP contribution in [0.3, 0.4) is 0 Å². The molecule has 1 amide bonds. The van der Waals surface area contributed by atoms with Crippen molar-refractivity contribution in [2.45, 2.75) is 45.3 Å². The molecule has 0 aromatic heterocycles. The molecule has 1 N–H and O–H groups in total. The number of alkyl halides is 3. The summed E-state index contributed by atoms with van der Waals surface area (Å²) >= 11 is 3.35. The number of hydrogen-bond acceptors (Lipinski definition) is 2. The van der Waals surface area contributed by atoms with Crippen molar-refractivity contribution in [1.82, 2.24) is 10.4 Å². The van der Waals surface area contributed by atoms with Crippen LogP contribution in [0.4, 0.5) is 13.2 Å². The van der Waals surface area contributed by atoms with Gasteiger partial charge < -0.3 is 0 Å². The van der Waals surface area contributed by atoms with Crippen LogP contribution in [0.15, 0.2) is 28.7 Å². The standard InChI is InChI=1S/C16H20BrF3N2O/c1-15(2)10-22(21-14(15)23)13(16(18,19)20)8-4-6-11-5-3-7-12(17)9-11/h3,5,7,9,13H,4,6,8,10H2,1-2H3,(H,21,23). The van der Waals surface area contributed by atoms with Crippen LogP contribution in [-0.2, 0) is 11.2 Å².